The summed E-state index contributed by atoms with van der Waals surface area (Å²) in [6.07, 6.45) is 0.727. The lowest BCUT2D eigenvalue weighted by Gasteiger charge is -2.26. The van der Waals surface area contributed by atoms with Gasteiger partial charge in [-0.15, -0.1) is 0 Å². The third kappa shape index (κ3) is 4.44. The minimum absolute atomic E-state index is 0.430. The number of nitrogens with one attached hydrogen (secondary N) is 1. The van der Waals surface area contributed by atoms with Crippen LogP contribution in [-0.2, 0) is 0 Å². The second kappa shape index (κ2) is 5.61. The van der Waals surface area contributed by atoms with Gasteiger partial charge in [0.2, 0.25) is 0 Å². The fourth-order valence-electron chi connectivity index (χ4n) is 1.96. The lowest BCUT2D eigenvalue weighted by atomic mass is 9.94. The van der Waals surface area contributed by atoms with Gasteiger partial charge in [0.15, 0.2) is 0 Å². The Balaban J connectivity index is 2.67. The Morgan fingerprint density at radius 1 is 1.47 bits per heavy atom. The Kier molecular flexibility index (Phi) is 4.66. The summed E-state index contributed by atoms with van der Waals surface area (Å²) in [5, 5.41) is 13.9. The molecule has 0 aliphatic carbocycles. The van der Waals surface area contributed by atoms with E-state index < -0.39 is 5.60 Å². The molecule has 1 unspecified atom stereocenters. The third-order valence-corrected chi connectivity index (χ3v) is 2.85. The molecule has 3 nitrogen and oxygen atoms in total. The molecule has 0 fully saturated rings. The fourth-order valence-corrected chi connectivity index (χ4v) is 2.21. The van der Waals surface area contributed by atoms with Crippen molar-refractivity contribution in [3.8, 4) is 0 Å². The molecule has 96 valence electrons. The van der Waals surface area contributed by atoms with Crippen LogP contribution in [0, 0.1) is 5.92 Å². The Morgan fingerprint density at radius 2 is 2.12 bits per heavy atom. The normalized spacial score (nSPS) is 14.7. The van der Waals surface area contributed by atoms with Crippen LogP contribution in [0.4, 0.5) is 11.4 Å². The van der Waals surface area contributed by atoms with Gasteiger partial charge in [0.05, 0.1) is 22.0 Å². The van der Waals surface area contributed by atoms with Crippen LogP contribution in [-0.4, -0.2) is 17.3 Å². The van der Waals surface area contributed by atoms with E-state index in [4.69, 9.17) is 17.3 Å². The van der Waals surface area contributed by atoms with Gasteiger partial charge in [-0.05, 0) is 31.4 Å². The molecule has 0 amide bonds. The number of para-hydroxylation sites is 1. The molecule has 4 heteroatoms. The minimum Gasteiger partial charge on any atom is -0.397 e. The summed E-state index contributed by atoms with van der Waals surface area (Å²) in [5.41, 5.74) is 6.35. The monoisotopic (exact) mass is 256 g/mol. The zero-order valence-corrected chi connectivity index (χ0v) is 11.4. The van der Waals surface area contributed by atoms with Crippen molar-refractivity contribution in [1.29, 1.82) is 0 Å². The fraction of sp³-hybridized carbons (Fsp3) is 0.538. The molecule has 1 rings (SSSR count). The number of halogens is 1. The van der Waals surface area contributed by atoms with Crippen LogP contribution in [0.1, 0.15) is 27.2 Å². The summed E-state index contributed by atoms with van der Waals surface area (Å²) in [6.45, 7) is 6.41. The molecule has 0 spiro atoms. The molecule has 0 bridgehead atoms. The molecular weight excluding hydrogens is 236 g/mol. The molecule has 1 aromatic carbocycles. The Morgan fingerprint density at radius 3 is 2.65 bits per heavy atom. The zero-order chi connectivity index (χ0) is 13.1. The molecule has 0 saturated carbocycles. The van der Waals surface area contributed by atoms with E-state index in [-0.39, 0.29) is 0 Å². The van der Waals surface area contributed by atoms with Crippen molar-refractivity contribution in [3.05, 3.63) is 23.2 Å². The van der Waals surface area contributed by atoms with E-state index in [0.717, 1.165) is 6.42 Å². The molecule has 17 heavy (non-hydrogen) atoms. The summed E-state index contributed by atoms with van der Waals surface area (Å²) in [7, 11) is 0. The first-order valence-electron chi connectivity index (χ1n) is 5.82. The van der Waals surface area contributed by atoms with Crippen LogP contribution in [0.2, 0.25) is 5.02 Å². The second-order valence-electron chi connectivity index (χ2n) is 5.15. The average Bonchev–Trinajstić information content (AvgIpc) is 2.14. The van der Waals surface area contributed by atoms with Gasteiger partial charge >= 0.3 is 0 Å². The van der Waals surface area contributed by atoms with E-state index in [9.17, 15) is 5.11 Å². The van der Waals surface area contributed by atoms with Crippen molar-refractivity contribution >= 4 is 23.0 Å². The molecule has 4 N–H and O–H groups in total. The lowest BCUT2D eigenvalue weighted by molar-refractivity contribution is 0.0516. The predicted molar refractivity (Wildman–Crippen MR) is 74.4 cm³/mol. The summed E-state index contributed by atoms with van der Waals surface area (Å²) >= 11 is 6.04. The van der Waals surface area contributed by atoms with E-state index in [1.807, 2.05) is 6.92 Å². The number of benzene rings is 1. The quantitative estimate of drug-likeness (QED) is 0.710. The number of nitrogen functional groups attached to an aromatic ring is 1. The lowest BCUT2D eigenvalue weighted by Crippen LogP contribution is -2.35. The molecule has 0 saturated heterocycles. The van der Waals surface area contributed by atoms with Gasteiger partial charge in [-0.25, -0.2) is 0 Å². The smallest absolute Gasteiger partial charge is 0.0793 e. The summed E-state index contributed by atoms with van der Waals surface area (Å²) < 4.78 is 0. The second-order valence-corrected chi connectivity index (χ2v) is 5.56. The van der Waals surface area contributed by atoms with Crippen molar-refractivity contribution in [2.24, 2.45) is 5.92 Å². The molecular formula is C13H21ClN2O. The van der Waals surface area contributed by atoms with Gasteiger partial charge in [0.1, 0.15) is 0 Å². The molecule has 0 aliphatic heterocycles. The van der Waals surface area contributed by atoms with E-state index in [1.165, 1.54) is 0 Å². The summed E-state index contributed by atoms with van der Waals surface area (Å²) in [6, 6.07) is 5.36. The van der Waals surface area contributed by atoms with Crippen LogP contribution >= 0.6 is 11.6 Å². The predicted octanol–water partition coefficient (Wildman–Crippen LogP) is 3.13. The van der Waals surface area contributed by atoms with Gasteiger partial charge in [0, 0.05) is 6.54 Å². The van der Waals surface area contributed by atoms with Crippen LogP contribution in [0.5, 0.6) is 0 Å². The maximum absolute atomic E-state index is 10.2. The van der Waals surface area contributed by atoms with Gasteiger partial charge in [0.25, 0.3) is 0 Å². The standard InChI is InChI=1S/C13H21ClN2O/c1-9(2)7-13(3,17)8-16-12-10(14)5-4-6-11(12)15/h4-6,9,16-17H,7-8,15H2,1-3H3. The van der Waals surface area contributed by atoms with E-state index in [1.54, 1.807) is 18.2 Å². The molecule has 0 radical (unpaired) electrons. The molecule has 0 heterocycles. The zero-order valence-electron chi connectivity index (χ0n) is 10.6. The topological polar surface area (TPSA) is 58.3 Å². The van der Waals surface area contributed by atoms with Crippen LogP contribution in [0.3, 0.4) is 0 Å². The van der Waals surface area contributed by atoms with E-state index in [2.05, 4.69) is 19.2 Å². The molecule has 1 aromatic rings. The van der Waals surface area contributed by atoms with Gasteiger partial charge in [-0.3, -0.25) is 0 Å². The highest BCUT2D eigenvalue weighted by atomic mass is 35.5. The first-order valence-corrected chi connectivity index (χ1v) is 6.20. The molecule has 0 aliphatic rings. The largest absolute Gasteiger partial charge is 0.397 e. The number of rotatable bonds is 5. The summed E-state index contributed by atoms with van der Waals surface area (Å²) in [5.74, 6) is 0.440. The Hall–Kier alpha value is -0.930. The first-order chi connectivity index (χ1) is 7.82. The van der Waals surface area contributed by atoms with E-state index in [0.29, 0.717) is 28.9 Å². The molecule has 0 aromatic heterocycles. The van der Waals surface area contributed by atoms with Gasteiger partial charge < -0.3 is 16.2 Å². The van der Waals surface area contributed by atoms with Crippen LogP contribution in [0.15, 0.2) is 18.2 Å². The number of aliphatic hydroxyl groups is 1. The Bertz CT molecular complexity index is 357. The highest BCUT2D eigenvalue weighted by molar-refractivity contribution is 6.33. The van der Waals surface area contributed by atoms with E-state index >= 15 is 0 Å². The van der Waals surface area contributed by atoms with Crippen LogP contribution < -0.4 is 11.1 Å². The third-order valence-electron chi connectivity index (χ3n) is 2.54. The molecule has 1 atom stereocenters. The average molecular weight is 257 g/mol. The van der Waals surface area contributed by atoms with Crippen molar-refractivity contribution in [1.82, 2.24) is 0 Å². The highest BCUT2D eigenvalue weighted by Crippen LogP contribution is 2.28. The maximum Gasteiger partial charge on any atom is 0.0793 e. The van der Waals surface area contributed by atoms with Gasteiger partial charge in [-0.2, -0.15) is 0 Å². The SMILES string of the molecule is CC(C)CC(C)(O)CNc1c(N)cccc1Cl. The number of anilines is 2. The summed E-state index contributed by atoms with van der Waals surface area (Å²) in [4.78, 5) is 0. The minimum atomic E-state index is -0.764. The number of hydrogen-bond acceptors (Lipinski definition) is 3. The van der Waals surface area contributed by atoms with Crippen molar-refractivity contribution in [2.75, 3.05) is 17.6 Å². The number of nitrogens with two attached hydrogens (primary N) is 1. The van der Waals surface area contributed by atoms with Crippen LogP contribution in [0.25, 0.3) is 0 Å². The number of hydrogen-bond donors (Lipinski definition) is 3. The Labute approximate surface area is 108 Å². The highest BCUT2D eigenvalue weighted by Gasteiger charge is 2.22. The van der Waals surface area contributed by atoms with Crippen molar-refractivity contribution in [3.63, 3.8) is 0 Å². The van der Waals surface area contributed by atoms with Crippen molar-refractivity contribution in [2.45, 2.75) is 32.8 Å². The first kappa shape index (κ1) is 14.1. The maximum atomic E-state index is 10.2. The van der Waals surface area contributed by atoms with Crippen molar-refractivity contribution < 1.29 is 5.11 Å². The van der Waals surface area contributed by atoms with Gasteiger partial charge in [-0.1, -0.05) is 31.5 Å².